The molecule has 2 aliphatic rings. The van der Waals surface area contributed by atoms with Crippen LogP contribution in [0.2, 0.25) is 0 Å². The zero-order valence-corrected chi connectivity index (χ0v) is 24.8. The van der Waals surface area contributed by atoms with E-state index < -0.39 is 60.8 Å². The molecular formula is C28H48N2O8. The molecule has 38 heavy (non-hydrogen) atoms. The summed E-state index contributed by atoms with van der Waals surface area (Å²) in [6, 6.07) is 0. The van der Waals surface area contributed by atoms with E-state index in [2.05, 4.69) is 9.80 Å². The van der Waals surface area contributed by atoms with Crippen molar-refractivity contribution >= 4 is 23.9 Å². The number of rotatable bonds is 9. The average molecular weight is 541 g/mol. The molecule has 0 bridgehead atoms. The van der Waals surface area contributed by atoms with E-state index in [4.69, 9.17) is 9.47 Å². The predicted molar refractivity (Wildman–Crippen MR) is 142 cm³/mol. The summed E-state index contributed by atoms with van der Waals surface area (Å²) in [6.07, 6.45) is 0.123. The fourth-order valence-corrected chi connectivity index (χ4v) is 6.36. The summed E-state index contributed by atoms with van der Waals surface area (Å²) in [5.41, 5.74) is -0.987. The standard InChI is InChI=1S/C28H48N2O8/c1-25(2)13-17(14-26(3,4)29(25)9)37-21(31)11-19(23(33)34)20(24(35)36)12-22(32)38-18-15-27(5,6)30(10)28(7,8)16-18/h17-20H,11-16H2,1-10H3,(H,33,34)(H,35,36). The van der Waals surface area contributed by atoms with E-state index in [0.29, 0.717) is 25.7 Å². The number of aliphatic carboxylic acids is 2. The lowest BCUT2D eigenvalue weighted by Gasteiger charge is -2.53. The highest BCUT2D eigenvalue weighted by atomic mass is 16.5. The molecule has 2 N–H and O–H groups in total. The van der Waals surface area contributed by atoms with Crippen molar-refractivity contribution in [1.82, 2.24) is 9.80 Å². The summed E-state index contributed by atoms with van der Waals surface area (Å²) in [7, 11) is 4.03. The molecule has 2 atom stereocenters. The van der Waals surface area contributed by atoms with Gasteiger partial charge in [0.05, 0.1) is 24.7 Å². The van der Waals surface area contributed by atoms with Crippen molar-refractivity contribution in [2.45, 2.75) is 128 Å². The van der Waals surface area contributed by atoms with Crippen LogP contribution in [0.5, 0.6) is 0 Å². The highest BCUT2D eigenvalue weighted by Crippen LogP contribution is 2.40. The van der Waals surface area contributed by atoms with E-state index in [0.717, 1.165) is 0 Å². The van der Waals surface area contributed by atoms with Crippen molar-refractivity contribution in [2.75, 3.05) is 14.1 Å². The van der Waals surface area contributed by atoms with Gasteiger partial charge in [0.2, 0.25) is 0 Å². The van der Waals surface area contributed by atoms with E-state index in [1.165, 1.54) is 0 Å². The lowest BCUT2D eigenvalue weighted by atomic mass is 9.78. The van der Waals surface area contributed by atoms with E-state index in [1.807, 2.05) is 69.5 Å². The molecule has 2 rings (SSSR count). The van der Waals surface area contributed by atoms with Crippen molar-refractivity contribution in [1.29, 1.82) is 0 Å². The normalized spacial score (nSPS) is 25.2. The van der Waals surface area contributed by atoms with Crippen LogP contribution in [0.1, 0.15) is 93.9 Å². The second kappa shape index (κ2) is 11.1. The molecule has 10 nitrogen and oxygen atoms in total. The van der Waals surface area contributed by atoms with Gasteiger partial charge in [-0.25, -0.2) is 0 Å². The van der Waals surface area contributed by atoms with E-state index in [-0.39, 0.29) is 22.2 Å². The van der Waals surface area contributed by atoms with Gasteiger partial charge in [0.15, 0.2) is 0 Å². The molecule has 2 aliphatic heterocycles. The third-order valence-electron chi connectivity index (χ3n) is 9.03. The second-order valence-electron chi connectivity index (χ2n) is 13.7. The quantitative estimate of drug-likeness (QED) is 0.418. The first-order valence-electron chi connectivity index (χ1n) is 13.4. The SMILES string of the molecule is CN1C(C)(C)CC(OC(=O)CC(C(=O)O)C(CC(=O)OC2CC(C)(C)N(C)C(C)(C)C2)C(=O)O)CC1(C)C. The van der Waals surface area contributed by atoms with Crippen LogP contribution in [0.25, 0.3) is 0 Å². The van der Waals surface area contributed by atoms with E-state index >= 15 is 0 Å². The van der Waals surface area contributed by atoms with Crippen LogP contribution in [0.3, 0.4) is 0 Å². The van der Waals surface area contributed by atoms with Gasteiger partial charge in [-0.05, 0) is 69.5 Å². The van der Waals surface area contributed by atoms with Gasteiger partial charge in [-0.1, -0.05) is 0 Å². The molecule has 0 amide bonds. The van der Waals surface area contributed by atoms with E-state index in [9.17, 15) is 29.4 Å². The third kappa shape index (κ3) is 7.46. The molecule has 0 saturated carbocycles. The number of carbonyl (C=O) groups is 4. The van der Waals surface area contributed by atoms with Gasteiger partial charge in [0.25, 0.3) is 0 Å². The first kappa shape index (κ1) is 32.0. The van der Waals surface area contributed by atoms with Gasteiger partial charge < -0.3 is 19.7 Å². The molecule has 218 valence electrons. The second-order valence-corrected chi connectivity index (χ2v) is 13.7. The number of nitrogens with zero attached hydrogens (tertiary/aromatic N) is 2. The maximum Gasteiger partial charge on any atom is 0.307 e. The number of carboxylic acids is 2. The van der Waals surface area contributed by atoms with Gasteiger partial charge >= 0.3 is 23.9 Å². The van der Waals surface area contributed by atoms with Crippen molar-refractivity contribution < 1.29 is 38.9 Å². The zero-order valence-electron chi connectivity index (χ0n) is 24.8. The largest absolute Gasteiger partial charge is 0.481 e. The number of piperidine rings is 2. The number of likely N-dealkylation sites (tertiary alicyclic amines) is 2. The Morgan fingerprint density at radius 2 is 0.868 bits per heavy atom. The predicted octanol–water partition coefficient (Wildman–Crippen LogP) is 3.56. The Hall–Kier alpha value is -2.20. The highest BCUT2D eigenvalue weighted by molar-refractivity contribution is 5.87. The van der Waals surface area contributed by atoms with Gasteiger partial charge in [0.1, 0.15) is 12.2 Å². The molecular weight excluding hydrogens is 492 g/mol. The summed E-state index contributed by atoms with van der Waals surface area (Å²) in [6.45, 7) is 16.4. The molecule has 10 heteroatoms. The Bertz CT molecular complexity index is 816. The molecule has 0 spiro atoms. The van der Waals surface area contributed by atoms with E-state index in [1.54, 1.807) is 0 Å². The van der Waals surface area contributed by atoms with Crippen LogP contribution in [-0.4, -0.2) is 92.3 Å². The van der Waals surface area contributed by atoms with Crippen molar-refractivity contribution in [3.63, 3.8) is 0 Å². The van der Waals surface area contributed by atoms with Gasteiger partial charge in [-0.3, -0.25) is 29.0 Å². The van der Waals surface area contributed by atoms with Crippen molar-refractivity contribution in [3.8, 4) is 0 Å². The van der Waals surface area contributed by atoms with Crippen LogP contribution < -0.4 is 0 Å². The monoisotopic (exact) mass is 540 g/mol. The maximum atomic E-state index is 12.8. The summed E-state index contributed by atoms with van der Waals surface area (Å²) in [5.74, 6) is -7.73. The van der Waals surface area contributed by atoms with Crippen LogP contribution in [-0.2, 0) is 28.7 Å². The highest BCUT2D eigenvalue weighted by Gasteiger charge is 2.47. The first-order valence-corrected chi connectivity index (χ1v) is 13.4. The fourth-order valence-electron chi connectivity index (χ4n) is 6.36. The summed E-state index contributed by atoms with van der Waals surface area (Å²) in [4.78, 5) is 54.2. The number of ether oxygens (including phenoxy) is 2. The lowest BCUT2D eigenvalue weighted by molar-refractivity contribution is -0.170. The minimum Gasteiger partial charge on any atom is -0.481 e. The first-order chi connectivity index (χ1) is 17.1. The minimum atomic E-state index is -1.62. The Labute approximate surface area is 227 Å². The topological polar surface area (TPSA) is 134 Å². The Balaban J connectivity index is 2.08. The third-order valence-corrected chi connectivity index (χ3v) is 9.03. The van der Waals surface area contributed by atoms with Gasteiger partial charge in [0, 0.05) is 47.8 Å². The molecule has 0 aromatic rings. The average Bonchev–Trinajstić information content (AvgIpc) is 2.71. The minimum absolute atomic E-state index is 0.247. The van der Waals surface area contributed by atoms with Crippen LogP contribution in [0.4, 0.5) is 0 Å². The Morgan fingerprint density at radius 1 is 0.632 bits per heavy atom. The van der Waals surface area contributed by atoms with Crippen LogP contribution in [0, 0.1) is 11.8 Å². The molecule has 0 radical (unpaired) electrons. The molecule has 2 fully saturated rings. The van der Waals surface area contributed by atoms with Crippen LogP contribution in [0.15, 0.2) is 0 Å². The summed E-state index contributed by atoms with van der Waals surface area (Å²) >= 11 is 0. The van der Waals surface area contributed by atoms with Crippen molar-refractivity contribution in [3.05, 3.63) is 0 Å². The molecule has 0 aromatic carbocycles. The smallest absolute Gasteiger partial charge is 0.307 e. The molecule has 2 heterocycles. The summed E-state index contributed by atoms with van der Waals surface area (Å²) < 4.78 is 11.3. The van der Waals surface area contributed by atoms with Crippen molar-refractivity contribution in [2.24, 2.45) is 11.8 Å². The Kier molecular flexibility index (Phi) is 9.37. The van der Waals surface area contributed by atoms with Gasteiger partial charge in [-0.15, -0.1) is 0 Å². The fraction of sp³-hybridized carbons (Fsp3) is 0.857. The maximum absolute atomic E-state index is 12.8. The molecule has 0 aliphatic carbocycles. The zero-order chi connectivity index (χ0) is 29.4. The molecule has 2 saturated heterocycles. The molecule has 0 aromatic heterocycles. The Morgan fingerprint density at radius 3 is 1.08 bits per heavy atom. The number of carboxylic acid groups (broad SMARTS) is 2. The van der Waals surface area contributed by atoms with Crippen LogP contribution >= 0.6 is 0 Å². The number of hydrogen-bond donors (Lipinski definition) is 2. The lowest BCUT2D eigenvalue weighted by Crippen LogP contribution is -2.60. The number of esters is 2. The molecule has 2 unspecified atom stereocenters. The number of carbonyl (C=O) groups excluding carboxylic acids is 2. The summed E-state index contributed by atoms with van der Waals surface area (Å²) in [5, 5.41) is 19.6. The number of hydrogen-bond acceptors (Lipinski definition) is 8. The van der Waals surface area contributed by atoms with Gasteiger partial charge in [-0.2, -0.15) is 0 Å².